The van der Waals surface area contributed by atoms with Crippen molar-refractivity contribution in [1.82, 2.24) is 5.32 Å². The molecule has 1 aromatic carbocycles. The van der Waals surface area contributed by atoms with Crippen molar-refractivity contribution in [3.63, 3.8) is 0 Å². The van der Waals surface area contributed by atoms with Crippen molar-refractivity contribution in [2.45, 2.75) is 19.9 Å². The molecule has 0 aliphatic carbocycles. The Morgan fingerprint density at radius 3 is 2.78 bits per heavy atom. The Morgan fingerprint density at radius 2 is 2.22 bits per heavy atom. The van der Waals surface area contributed by atoms with Crippen LogP contribution in [-0.2, 0) is 4.79 Å². The number of carbonyl (C=O) groups is 1. The van der Waals surface area contributed by atoms with Crippen LogP contribution in [0.4, 0.5) is 4.39 Å². The van der Waals surface area contributed by atoms with Crippen LogP contribution >= 0.6 is 15.9 Å². The van der Waals surface area contributed by atoms with E-state index in [1.807, 2.05) is 0 Å². The fourth-order valence-corrected chi connectivity index (χ4v) is 1.65. The number of amides is 1. The van der Waals surface area contributed by atoms with Gasteiger partial charge in [0.05, 0.1) is 0 Å². The van der Waals surface area contributed by atoms with Crippen LogP contribution in [-0.4, -0.2) is 11.9 Å². The lowest BCUT2D eigenvalue weighted by Gasteiger charge is -2.07. The molecular formula is C13H12BrFN2O. The van der Waals surface area contributed by atoms with Crippen LogP contribution in [0.2, 0.25) is 0 Å². The molecule has 5 heteroatoms. The molecule has 0 heterocycles. The number of halogens is 2. The highest BCUT2D eigenvalue weighted by Crippen LogP contribution is 2.18. The fraction of sp³-hybridized carbons (Fsp3) is 0.231. The van der Waals surface area contributed by atoms with Gasteiger partial charge in [0, 0.05) is 16.1 Å². The molecule has 0 aliphatic rings. The van der Waals surface area contributed by atoms with Gasteiger partial charge in [0.2, 0.25) is 0 Å². The molecule has 1 rings (SSSR count). The lowest BCUT2D eigenvalue weighted by atomic mass is 10.1. The minimum absolute atomic E-state index is 0.0818. The minimum Gasteiger partial charge on any atom is -0.349 e. The van der Waals surface area contributed by atoms with Crippen molar-refractivity contribution in [2.75, 3.05) is 0 Å². The highest BCUT2D eigenvalue weighted by molar-refractivity contribution is 9.10. The smallest absolute Gasteiger partial charge is 0.262 e. The van der Waals surface area contributed by atoms with Crippen molar-refractivity contribution >= 4 is 27.9 Å². The maximum Gasteiger partial charge on any atom is 0.262 e. The van der Waals surface area contributed by atoms with E-state index in [4.69, 9.17) is 5.26 Å². The summed E-state index contributed by atoms with van der Waals surface area (Å²) >= 11 is 3.21. The molecule has 1 aromatic rings. The molecule has 1 amide bonds. The molecule has 0 saturated carbocycles. The second kappa shape index (κ2) is 6.31. The van der Waals surface area contributed by atoms with Gasteiger partial charge in [-0.2, -0.15) is 5.26 Å². The molecule has 94 valence electrons. The van der Waals surface area contributed by atoms with Gasteiger partial charge in [-0.05, 0) is 38.1 Å². The number of nitrogens with one attached hydrogen (secondary N) is 1. The SMILES string of the molecule is CC(C)NC(=O)/C(C#N)=C/c1cc(Br)ccc1F. The Labute approximate surface area is 113 Å². The first kappa shape index (κ1) is 14.4. The fourth-order valence-electron chi connectivity index (χ4n) is 1.27. The predicted octanol–water partition coefficient (Wildman–Crippen LogP) is 3.02. The average molecular weight is 311 g/mol. The Morgan fingerprint density at radius 1 is 1.56 bits per heavy atom. The summed E-state index contributed by atoms with van der Waals surface area (Å²) in [5.41, 5.74) is 0.0699. The number of nitrogens with zero attached hydrogens (tertiary/aromatic N) is 1. The number of nitriles is 1. The minimum atomic E-state index is -0.508. The van der Waals surface area contributed by atoms with Crippen LogP contribution < -0.4 is 5.32 Å². The summed E-state index contributed by atoms with van der Waals surface area (Å²) in [7, 11) is 0. The summed E-state index contributed by atoms with van der Waals surface area (Å²) in [6.07, 6.45) is 1.23. The predicted molar refractivity (Wildman–Crippen MR) is 71.0 cm³/mol. The van der Waals surface area contributed by atoms with Crippen molar-refractivity contribution in [3.8, 4) is 6.07 Å². The van der Waals surface area contributed by atoms with Crippen LogP contribution in [0.5, 0.6) is 0 Å². The van der Waals surface area contributed by atoms with E-state index in [0.29, 0.717) is 4.47 Å². The van der Waals surface area contributed by atoms with Gasteiger partial charge in [0.15, 0.2) is 0 Å². The molecule has 18 heavy (non-hydrogen) atoms. The van der Waals surface area contributed by atoms with E-state index >= 15 is 0 Å². The zero-order chi connectivity index (χ0) is 13.7. The Bertz CT molecular complexity index is 532. The van der Waals surface area contributed by atoms with Gasteiger partial charge < -0.3 is 5.32 Å². The second-order valence-corrected chi connectivity index (χ2v) is 4.88. The number of hydrogen-bond donors (Lipinski definition) is 1. The Hall–Kier alpha value is -1.67. The zero-order valence-corrected chi connectivity index (χ0v) is 11.6. The Kier molecular flexibility index (Phi) is 5.05. The molecule has 0 fully saturated rings. The van der Waals surface area contributed by atoms with Gasteiger partial charge in [-0.15, -0.1) is 0 Å². The Balaban J connectivity index is 3.08. The molecule has 0 saturated heterocycles. The molecule has 0 spiro atoms. The van der Waals surface area contributed by atoms with E-state index < -0.39 is 11.7 Å². The van der Waals surface area contributed by atoms with Crippen LogP contribution in [0, 0.1) is 17.1 Å². The highest BCUT2D eigenvalue weighted by Gasteiger charge is 2.11. The van der Waals surface area contributed by atoms with E-state index in [2.05, 4.69) is 21.2 Å². The normalized spacial score (nSPS) is 11.2. The quantitative estimate of drug-likeness (QED) is 0.689. The van der Waals surface area contributed by atoms with E-state index in [9.17, 15) is 9.18 Å². The van der Waals surface area contributed by atoms with E-state index in [0.717, 1.165) is 0 Å². The van der Waals surface area contributed by atoms with Crippen molar-refractivity contribution in [1.29, 1.82) is 5.26 Å². The number of hydrogen-bond acceptors (Lipinski definition) is 2. The molecule has 0 atom stereocenters. The van der Waals surface area contributed by atoms with Crippen molar-refractivity contribution in [2.24, 2.45) is 0 Å². The lowest BCUT2D eigenvalue weighted by Crippen LogP contribution is -2.30. The second-order valence-electron chi connectivity index (χ2n) is 3.96. The largest absolute Gasteiger partial charge is 0.349 e. The van der Waals surface area contributed by atoms with Crippen molar-refractivity contribution in [3.05, 3.63) is 39.6 Å². The summed E-state index contributed by atoms with van der Waals surface area (Å²) in [6, 6.07) is 6.01. The summed E-state index contributed by atoms with van der Waals surface area (Å²) in [5, 5.41) is 11.5. The molecular weight excluding hydrogens is 299 g/mol. The maximum absolute atomic E-state index is 13.5. The maximum atomic E-state index is 13.5. The van der Waals surface area contributed by atoms with Crippen LogP contribution in [0.1, 0.15) is 19.4 Å². The first-order valence-corrected chi connectivity index (χ1v) is 6.11. The summed E-state index contributed by atoms with van der Waals surface area (Å²) in [6.45, 7) is 3.57. The first-order chi connectivity index (χ1) is 8.43. The summed E-state index contributed by atoms with van der Waals surface area (Å²) < 4.78 is 14.2. The van der Waals surface area contributed by atoms with E-state index in [-0.39, 0.29) is 17.2 Å². The van der Waals surface area contributed by atoms with Gasteiger partial charge >= 0.3 is 0 Å². The molecule has 0 aromatic heterocycles. The lowest BCUT2D eigenvalue weighted by molar-refractivity contribution is -0.117. The topological polar surface area (TPSA) is 52.9 Å². The summed E-state index contributed by atoms with van der Waals surface area (Å²) in [5.74, 6) is -0.991. The van der Waals surface area contributed by atoms with E-state index in [1.165, 1.54) is 18.2 Å². The van der Waals surface area contributed by atoms with Crippen molar-refractivity contribution < 1.29 is 9.18 Å². The third kappa shape index (κ3) is 3.97. The monoisotopic (exact) mass is 310 g/mol. The third-order valence-electron chi connectivity index (χ3n) is 2.04. The van der Waals surface area contributed by atoms with Crippen LogP contribution in [0.25, 0.3) is 6.08 Å². The van der Waals surface area contributed by atoms with Gasteiger partial charge in [-0.3, -0.25) is 4.79 Å². The zero-order valence-electron chi connectivity index (χ0n) is 10.00. The van der Waals surface area contributed by atoms with E-state index in [1.54, 1.807) is 26.0 Å². The van der Waals surface area contributed by atoms with Gasteiger partial charge in [0.25, 0.3) is 5.91 Å². The molecule has 0 aliphatic heterocycles. The highest BCUT2D eigenvalue weighted by atomic mass is 79.9. The van der Waals surface area contributed by atoms with Gasteiger partial charge in [-0.1, -0.05) is 15.9 Å². The average Bonchev–Trinajstić information content (AvgIpc) is 2.29. The third-order valence-corrected chi connectivity index (χ3v) is 2.54. The summed E-state index contributed by atoms with van der Waals surface area (Å²) in [4.78, 5) is 11.6. The van der Waals surface area contributed by atoms with Crippen LogP contribution in [0.15, 0.2) is 28.2 Å². The first-order valence-electron chi connectivity index (χ1n) is 5.31. The van der Waals surface area contributed by atoms with Gasteiger partial charge in [-0.25, -0.2) is 4.39 Å². The van der Waals surface area contributed by atoms with Crippen LogP contribution in [0.3, 0.4) is 0 Å². The molecule has 3 nitrogen and oxygen atoms in total. The molecule has 0 radical (unpaired) electrons. The molecule has 0 unspecified atom stereocenters. The molecule has 0 bridgehead atoms. The van der Waals surface area contributed by atoms with Gasteiger partial charge in [0.1, 0.15) is 17.5 Å². The number of carbonyl (C=O) groups excluding carboxylic acids is 1. The standard InChI is InChI=1S/C13H12BrFN2O/c1-8(2)17-13(18)10(7-16)5-9-6-11(14)3-4-12(9)15/h3-6,8H,1-2H3,(H,17,18)/b10-5+. The molecule has 1 N–H and O–H groups in total. The number of rotatable bonds is 3. The number of benzene rings is 1.